The van der Waals surface area contributed by atoms with E-state index in [9.17, 15) is 5.11 Å². The smallest absolute Gasteiger partial charge is 0.238 e. The third-order valence-corrected chi connectivity index (χ3v) is 6.34. The van der Waals surface area contributed by atoms with Crippen LogP contribution in [-0.4, -0.2) is 30.9 Å². The molecule has 6 nitrogen and oxygen atoms in total. The number of rotatable bonds is 7. The molecule has 0 aliphatic carbocycles. The molecule has 1 heterocycles. The van der Waals surface area contributed by atoms with Gasteiger partial charge in [-0.05, 0) is 62.2 Å². The van der Waals surface area contributed by atoms with Crippen LogP contribution in [0.25, 0.3) is 4.85 Å². The van der Waals surface area contributed by atoms with Crippen LogP contribution in [0.5, 0.6) is 5.75 Å². The third kappa shape index (κ3) is 5.35. The predicted molar refractivity (Wildman–Crippen MR) is 142 cm³/mol. The number of fused-ring (bicyclic) bond motifs is 1. The maximum atomic E-state index is 10.2. The van der Waals surface area contributed by atoms with Crippen molar-refractivity contribution in [3.63, 3.8) is 0 Å². The number of likely N-dealkylation sites (N-methyl/N-ethyl adjacent to an activating group) is 1. The Morgan fingerprint density at radius 2 is 1.89 bits per heavy atom. The van der Waals surface area contributed by atoms with Crippen LogP contribution in [0, 0.1) is 6.57 Å². The molecule has 3 aromatic rings. The maximum Gasteiger partial charge on any atom is 0.238 e. The zero-order valence-electron chi connectivity index (χ0n) is 20.5. The standard InChI is InChI=1S/C29H28N4O2.Co/c1-5-33-26-15-14-24(35-4)19-25(26)29(2,20-21-10-9-13-23(18-21)30-3)27(33)16-17-31-32-28(34)22-11-7-6-8-12-22;/h6-19H,5,20H2,1-2,4H3,(H,32,34);/b27-16-,31-17+;. The molecule has 0 aromatic heterocycles. The van der Waals surface area contributed by atoms with Gasteiger partial charge >= 0.3 is 0 Å². The summed E-state index contributed by atoms with van der Waals surface area (Å²) in [5.41, 5.74) is 5.26. The Morgan fingerprint density at radius 1 is 1.11 bits per heavy atom. The molecule has 36 heavy (non-hydrogen) atoms. The van der Waals surface area contributed by atoms with Gasteiger partial charge in [0.1, 0.15) is 5.75 Å². The van der Waals surface area contributed by atoms with Crippen molar-refractivity contribution in [3.05, 3.63) is 113 Å². The zero-order valence-corrected chi connectivity index (χ0v) is 21.5. The number of benzene rings is 3. The van der Waals surface area contributed by atoms with E-state index < -0.39 is 5.41 Å². The number of aliphatic hydroxyl groups is 1. The van der Waals surface area contributed by atoms with E-state index in [1.54, 1.807) is 25.5 Å². The fourth-order valence-corrected chi connectivity index (χ4v) is 4.67. The van der Waals surface area contributed by atoms with E-state index in [0.29, 0.717) is 17.7 Å². The van der Waals surface area contributed by atoms with Gasteiger partial charge in [0.05, 0.1) is 19.9 Å². The van der Waals surface area contributed by atoms with Gasteiger partial charge in [-0.15, -0.1) is 5.10 Å². The van der Waals surface area contributed by atoms with Gasteiger partial charge in [0.2, 0.25) is 5.90 Å². The van der Waals surface area contributed by atoms with Gasteiger partial charge in [-0.1, -0.05) is 48.0 Å². The summed E-state index contributed by atoms with van der Waals surface area (Å²) in [5, 5.41) is 18.3. The van der Waals surface area contributed by atoms with E-state index >= 15 is 0 Å². The van der Waals surface area contributed by atoms with Gasteiger partial charge < -0.3 is 14.7 Å². The monoisotopic (exact) mass is 523 g/mol. The average Bonchev–Trinajstić information content (AvgIpc) is 3.13. The summed E-state index contributed by atoms with van der Waals surface area (Å²) < 4.78 is 5.54. The first-order valence-corrected chi connectivity index (χ1v) is 11.5. The summed E-state index contributed by atoms with van der Waals surface area (Å²) in [6.07, 6.45) is 4.27. The van der Waals surface area contributed by atoms with E-state index in [0.717, 1.165) is 34.8 Å². The summed E-state index contributed by atoms with van der Waals surface area (Å²) in [6.45, 7) is 12.5. The van der Waals surface area contributed by atoms with Gasteiger partial charge in [0, 0.05) is 45.7 Å². The summed E-state index contributed by atoms with van der Waals surface area (Å²) in [6, 6.07) is 23.0. The van der Waals surface area contributed by atoms with Crippen LogP contribution in [0.1, 0.15) is 30.5 Å². The Balaban J connectivity index is 0.00000361. The molecular weight excluding hydrogens is 495 g/mol. The molecule has 4 rings (SSSR count). The van der Waals surface area contributed by atoms with Gasteiger partial charge in [0.15, 0.2) is 5.69 Å². The Kier molecular flexibility index (Phi) is 8.70. The minimum atomic E-state index is -0.391. The molecule has 1 unspecified atom stereocenters. The number of nitrogens with zero attached hydrogens (tertiary/aromatic N) is 4. The van der Waals surface area contributed by atoms with Crippen LogP contribution in [-0.2, 0) is 28.6 Å². The molecule has 0 saturated carbocycles. The second-order valence-electron chi connectivity index (χ2n) is 8.52. The van der Waals surface area contributed by atoms with Gasteiger partial charge in [0.25, 0.3) is 0 Å². The van der Waals surface area contributed by atoms with Gasteiger partial charge in [-0.2, -0.15) is 5.10 Å². The Morgan fingerprint density at radius 3 is 2.58 bits per heavy atom. The van der Waals surface area contributed by atoms with Crippen LogP contribution in [0.4, 0.5) is 11.4 Å². The molecule has 1 N–H and O–H groups in total. The summed E-state index contributed by atoms with van der Waals surface area (Å²) in [5.74, 6) is 0.666. The SMILES string of the molecule is [C-]#[N+]c1cccc(CC2(C)/C(=C/C=N/N=C(\O)c3ccccc3)N(CC)c3ccc(OC)cc32)c1.[Co]. The fourth-order valence-electron chi connectivity index (χ4n) is 4.67. The summed E-state index contributed by atoms with van der Waals surface area (Å²) in [4.78, 5) is 5.86. The normalized spacial score (nSPS) is 18.1. The van der Waals surface area contributed by atoms with Crippen molar-refractivity contribution in [1.82, 2.24) is 0 Å². The first-order valence-electron chi connectivity index (χ1n) is 11.5. The van der Waals surface area contributed by atoms with Crippen LogP contribution < -0.4 is 9.64 Å². The zero-order chi connectivity index (χ0) is 24.8. The van der Waals surface area contributed by atoms with Crippen molar-refractivity contribution in [1.29, 1.82) is 0 Å². The first kappa shape index (κ1) is 26.7. The molecule has 1 radical (unpaired) electrons. The Labute approximate surface area is 222 Å². The largest absolute Gasteiger partial charge is 0.497 e. The van der Waals surface area contributed by atoms with Crippen molar-refractivity contribution in [2.45, 2.75) is 25.7 Å². The van der Waals surface area contributed by atoms with E-state index in [2.05, 4.69) is 52.0 Å². The number of hydrogen-bond donors (Lipinski definition) is 1. The molecule has 3 aromatic carbocycles. The van der Waals surface area contributed by atoms with Crippen molar-refractivity contribution < 1.29 is 26.6 Å². The first-order chi connectivity index (χ1) is 17.0. The van der Waals surface area contributed by atoms with Crippen LogP contribution in [0.3, 0.4) is 0 Å². The molecule has 1 aliphatic rings. The molecule has 1 aliphatic heterocycles. The average molecular weight is 524 g/mol. The van der Waals surface area contributed by atoms with Gasteiger partial charge in [-0.3, -0.25) is 0 Å². The van der Waals surface area contributed by atoms with E-state index in [1.807, 2.05) is 48.5 Å². The molecule has 0 bridgehead atoms. The topological polar surface area (TPSA) is 61.8 Å². The second-order valence-corrected chi connectivity index (χ2v) is 8.52. The Bertz CT molecular complexity index is 1340. The van der Waals surface area contributed by atoms with Crippen molar-refractivity contribution in [3.8, 4) is 5.75 Å². The molecule has 7 heteroatoms. The maximum absolute atomic E-state index is 10.2. The molecule has 0 spiro atoms. The minimum absolute atomic E-state index is 0. The third-order valence-electron chi connectivity index (χ3n) is 6.34. The number of methoxy groups -OCH3 is 1. The van der Waals surface area contributed by atoms with Crippen LogP contribution in [0.2, 0.25) is 0 Å². The number of anilines is 1. The van der Waals surface area contributed by atoms with Crippen molar-refractivity contribution in [2.24, 2.45) is 10.2 Å². The molecular formula is C29H28CoN4O2. The predicted octanol–water partition coefficient (Wildman–Crippen LogP) is 6.46. The van der Waals surface area contributed by atoms with E-state index in [-0.39, 0.29) is 22.7 Å². The molecule has 0 fully saturated rings. The molecule has 0 amide bonds. The molecule has 1 atom stereocenters. The molecule has 185 valence electrons. The second kappa shape index (κ2) is 11.7. The number of aliphatic hydroxyl groups excluding tert-OH is 1. The fraction of sp³-hybridized carbons (Fsp3) is 0.207. The van der Waals surface area contributed by atoms with Gasteiger partial charge in [-0.25, -0.2) is 4.85 Å². The van der Waals surface area contributed by atoms with Crippen molar-refractivity contribution >= 4 is 23.5 Å². The van der Waals surface area contributed by atoms with Crippen molar-refractivity contribution in [2.75, 3.05) is 18.6 Å². The quantitative estimate of drug-likeness (QED) is 0.167. The van der Waals surface area contributed by atoms with E-state index in [1.165, 1.54) is 0 Å². The number of ether oxygens (including phenoxy) is 1. The van der Waals surface area contributed by atoms with Crippen LogP contribution >= 0.6 is 0 Å². The number of hydrogen-bond acceptors (Lipinski definition) is 4. The number of allylic oxidation sites excluding steroid dienone is 2. The Hall–Kier alpha value is -3.86. The molecule has 0 saturated heterocycles. The summed E-state index contributed by atoms with van der Waals surface area (Å²) >= 11 is 0. The van der Waals surface area contributed by atoms with E-state index in [4.69, 9.17) is 11.3 Å². The summed E-state index contributed by atoms with van der Waals surface area (Å²) in [7, 11) is 1.67. The minimum Gasteiger partial charge on any atom is -0.497 e. The van der Waals surface area contributed by atoms with Crippen LogP contribution in [0.15, 0.2) is 94.8 Å².